The summed E-state index contributed by atoms with van der Waals surface area (Å²) in [6.07, 6.45) is -0.379. The number of nitro groups is 1. The highest BCUT2D eigenvalue weighted by Crippen LogP contribution is 2.34. The lowest BCUT2D eigenvalue weighted by atomic mass is 10.1. The Bertz CT molecular complexity index is 1470. The monoisotopic (exact) mass is 501 g/mol. The maximum Gasteiger partial charge on any atom is 0.410 e. The van der Waals surface area contributed by atoms with Gasteiger partial charge in [-0.2, -0.15) is 4.98 Å². The van der Waals surface area contributed by atoms with E-state index in [0.29, 0.717) is 43.3 Å². The van der Waals surface area contributed by atoms with Gasteiger partial charge in [0.25, 0.3) is 11.6 Å². The molecular weight excluding hydrogens is 474 g/mol. The van der Waals surface area contributed by atoms with Crippen molar-refractivity contribution >= 4 is 28.2 Å². The Morgan fingerprint density at radius 2 is 1.68 bits per heavy atom. The second-order valence-electron chi connectivity index (χ2n) is 9.90. The molecule has 10 nitrogen and oxygen atoms in total. The van der Waals surface area contributed by atoms with Crippen molar-refractivity contribution in [1.29, 1.82) is 0 Å². The summed E-state index contributed by atoms with van der Waals surface area (Å²) in [5.74, 6) is 0.610. The van der Waals surface area contributed by atoms with Crippen LogP contribution in [0.4, 0.5) is 16.2 Å². The molecule has 37 heavy (non-hydrogen) atoms. The van der Waals surface area contributed by atoms with Gasteiger partial charge in [-0.3, -0.25) is 10.1 Å². The number of anilines is 1. The Kier molecular flexibility index (Phi) is 6.24. The highest BCUT2D eigenvalue weighted by molar-refractivity contribution is 5.86. The number of nitrogens with zero attached hydrogens (tertiary/aromatic N) is 5. The minimum Gasteiger partial charge on any atom is -0.444 e. The summed E-state index contributed by atoms with van der Waals surface area (Å²) < 4.78 is 10.9. The Hall–Kier alpha value is -4.47. The minimum absolute atomic E-state index is 0.0614. The van der Waals surface area contributed by atoms with Gasteiger partial charge in [0, 0.05) is 43.4 Å². The molecule has 0 unspecified atom stereocenters. The third kappa shape index (κ3) is 5.23. The molecule has 10 heteroatoms. The first kappa shape index (κ1) is 24.2. The van der Waals surface area contributed by atoms with Crippen LogP contribution < -0.4 is 4.90 Å². The second-order valence-corrected chi connectivity index (χ2v) is 9.90. The van der Waals surface area contributed by atoms with Crippen LogP contribution in [-0.4, -0.2) is 57.8 Å². The first-order valence-electron chi connectivity index (χ1n) is 12.0. The lowest BCUT2D eigenvalue weighted by Crippen LogP contribution is -2.50. The fourth-order valence-corrected chi connectivity index (χ4v) is 4.31. The molecular formula is C27H27N5O5. The van der Waals surface area contributed by atoms with Crippen LogP contribution in [-0.2, 0) is 4.74 Å². The maximum atomic E-state index is 12.4. The number of carbonyl (C=O) groups is 1. The summed E-state index contributed by atoms with van der Waals surface area (Å²) in [5.41, 5.74) is 1.09. The summed E-state index contributed by atoms with van der Waals surface area (Å²) >= 11 is 0. The summed E-state index contributed by atoms with van der Waals surface area (Å²) in [4.78, 5) is 31.9. The molecule has 1 saturated heterocycles. The van der Waals surface area contributed by atoms with Crippen LogP contribution in [0.3, 0.4) is 0 Å². The van der Waals surface area contributed by atoms with E-state index in [4.69, 9.17) is 9.26 Å². The van der Waals surface area contributed by atoms with Gasteiger partial charge in [-0.15, -0.1) is 0 Å². The zero-order valence-corrected chi connectivity index (χ0v) is 20.9. The van der Waals surface area contributed by atoms with E-state index in [0.717, 1.165) is 16.3 Å². The normalized spacial score (nSPS) is 14.1. The summed E-state index contributed by atoms with van der Waals surface area (Å²) in [6.45, 7) is 7.18. The van der Waals surface area contributed by atoms with Crippen molar-refractivity contribution in [3.8, 4) is 22.8 Å². The van der Waals surface area contributed by atoms with Crippen molar-refractivity contribution in [2.75, 3.05) is 31.1 Å². The Morgan fingerprint density at radius 3 is 2.38 bits per heavy atom. The number of benzene rings is 3. The number of hydrogen-bond acceptors (Lipinski definition) is 8. The van der Waals surface area contributed by atoms with Gasteiger partial charge in [-0.1, -0.05) is 41.6 Å². The van der Waals surface area contributed by atoms with Crippen LogP contribution in [0.15, 0.2) is 65.2 Å². The summed E-state index contributed by atoms with van der Waals surface area (Å²) in [6, 6.07) is 18.7. The van der Waals surface area contributed by atoms with Crippen molar-refractivity contribution in [2.24, 2.45) is 0 Å². The quantitative estimate of drug-likeness (QED) is 0.265. The van der Waals surface area contributed by atoms with Crippen LogP contribution in [0, 0.1) is 10.1 Å². The molecule has 3 aromatic carbocycles. The Balaban J connectivity index is 1.35. The van der Waals surface area contributed by atoms with Gasteiger partial charge in [0.2, 0.25) is 5.82 Å². The fraction of sp³-hybridized carbons (Fsp3) is 0.296. The molecule has 1 aromatic heterocycles. The predicted octanol–water partition coefficient (Wildman–Crippen LogP) is 5.52. The SMILES string of the molecule is CC(C)(C)OC(=O)N1CCN(c2ccc(-c3nc(-c4ccc5ccccc5c4)no3)cc2[N+](=O)[O-])CC1. The average Bonchev–Trinajstić information content (AvgIpc) is 3.37. The molecule has 190 valence electrons. The van der Waals surface area contributed by atoms with E-state index in [2.05, 4.69) is 10.1 Å². The molecule has 0 atom stereocenters. The fourth-order valence-electron chi connectivity index (χ4n) is 4.31. The van der Waals surface area contributed by atoms with E-state index in [1.54, 1.807) is 17.0 Å². The summed E-state index contributed by atoms with van der Waals surface area (Å²) in [5, 5.41) is 18.2. The van der Waals surface area contributed by atoms with Gasteiger partial charge < -0.3 is 19.1 Å². The third-order valence-electron chi connectivity index (χ3n) is 6.12. The zero-order chi connectivity index (χ0) is 26.2. The number of carbonyl (C=O) groups excluding carboxylic acids is 1. The second kappa shape index (κ2) is 9.53. The van der Waals surface area contributed by atoms with E-state index in [1.165, 1.54) is 6.07 Å². The molecule has 1 amide bonds. The molecule has 0 N–H and O–H groups in total. The van der Waals surface area contributed by atoms with Crippen molar-refractivity contribution in [3.63, 3.8) is 0 Å². The van der Waals surface area contributed by atoms with E-state index in [9.17, 15) is 14.9 Å². The lowest BCUT2D eigenvalue weighted by Gasteiger charge is -2.36. The number of fused-ring (bicyclic) bond motifs is 1. The first-order chi connectivity index (χ1) is 17.7. The van der Waals surface area contributed by atoms with Crippen molar-refractivity contribution in [2.45, 2.75) is 26.4 Å². The molecule has 0 aliphatic carbocycles. The average molecular weight is 502 g/mol. The highest BCUT2D eigenvalue weighted by atomic mass is 16.6. The number of piperazine rings is 1. The van der Waals surface area contributed by atoms with E-state index < -0.39 is 10.5 Å². The largest absolute Gasteiger partial charge is 0.444 e. The number of hydrogen-bond donors (Lipinski definition) is 0. The topological polar surface area (TPSA) is 115 Å². The van der Waals surface area contributed by atoms with Crippen LogP contribution >= 0.6 is 0 Å². The molecule has 1 aliphatic heterocycles. The zero-order valence-electron chi connectivity index (χ0n) is 20.9. The number of aromatic nitrogens is 2. The molecule has 0 saturated carbocycles. The number of amides is 1. The Morgan fingerprint density at radius 1 is 0.973 bits per heavy atom. The standard InChI is InChI=1S/C27H27N5O5/c1-27(2,3)36-26(33)31-14-12-30(13-15-31)22-11-10-21(17-23(22)32(34)35)25-28-24(29-37-25)20-9-8-18-6-4-5-7-19(18)16-20/h4-11,16-17H,12-15H2,1-3H3. The molecule has 5 rings (SSSR count). The van der Waals surface area contributed by atoms with Gasteiger partial charge >= 0.3 is 6.09 Å². The Labute approximate surface area is 213 Å². The lowest BCUT2D eigenvalue weighted by molar-refractivity contribution is -0.384. The molecule has 0 bridgehead atoms. The summed E-state index contributed by atoms with van der Waals surface area (Å²) in [7, 11) is 0. The maximum absolute atomic E-state index is 12.4. The van der Waals surface area contributed by atoms with Crippen LogP contribution in [0.25, 0.3) is 33.6 Å². The molecule has 4 aromatic rings. The highest BCUT2D eigenvalue weighted by Gasteiger charge is 2.29. The van der Waals surface area contributed by atoms with Crippen LogP contribution in [0.1, 0.15) is 20.8 Å². The van der Waals surface area contributed by atoms with Gasteiger partial charge in [0.05, 0.1) is 4.92 Å². The van der Waals surface area contributed by atoms with E-state index in [-0.39, 0.29) is 17.7 Å². The molecule has 0 spiro atoms. The molecule has 2 heterocycles. The number of nitro benzene ring substituents is 1. The molecule has 0 radical (unpaired) electrons. The third-order valence-corrected chi connectivity index (χ3v) is 6.12. The smallest absolute Gasteiger partial charge is 0.410 e. The van der Waals surface area contributed by atoms with E-state index in [1.807, 2.05) is 68.1 Å². The van der Waals surface area contributed by atoms with E-state index >= 15 is 0 Å². The first-order valence-corrected chi connectivity index (χ1v) is 12.0. The van der Waals surface area contributed by atoms with Crippen LogP contribution in [0.5, 0.6) is 0 Å². The van der Waals surface area contributed by atoms with Crippen molar-refractivity contribution in [3.05, 3.63) is 70.8 Å². The number of ether oxygens (including phenoxy) is 1. The molecule has 1 fully saturated rings. The molecule has 1 aliphatic rings. The van der Waals surface area contributed by atoms with Gasteiger partial charge in [0.15, 0.2) is 0 Å². The van der Waals surface area contributed by atoms with Crippen LogP contribution in [0.2, 0.25) is 0 Å². The van der Waals surface area contributed by atoms with Gasteiger partial charge in [-0.25, -0.2) is 4.79 Å². The predicted molar refractivity (Wildman–Crippen MR) is 139 cm³/mol. The van der Waals surface area contributed by atoms with Gasteiger partial charge in [0.1, 0.15) is 11.3 Å². The van der Waals surface area contributed by atoms with Crippen molar-refractivity contribution < 1.29 is 19.0 Å². The van der Waals surface area contributed by atoms with Gasteiger partial charge in [-0.05, 0) is 49.7 Å². The number of rotatable bonds is 4. The minimum atomic E-state index is -0.578. The van der Waals surface area contributed by atoms with Crippen molar-refractivity contribution in [1.82, 2.24) is 15.0 Å².